The zero-order valence-electron chi connectivity index (χ0n) is 9.66. The molecule has 7 heteroatoms. The van der Waals surface area contributed by atoms with Crippen molar-refractivity contribution in [1.29, 1.82) is 0 Å². The summed E-state index contributed by atoms with van der Waals surface area (Å²) in [5.74, 6) is 0. The van der Waals surface area contributed by atoms with Gasteiger partial charge in [0, 0.05) is 32.4 Å². The topological polar surface area (TPSA) is 58.4 Å². The third-order valence-electron chi connectivity index (χ3n) is 2.88. The summed E-state index contributed by atoms with van der Waals surface area (Å²) in [5, 5.41) is 3.88. The van der Waals surface area contributed by atoms with Gasteiger partial charge in [0.25, 0.3) is 0 Å². The van der Waals surface area contributed by atoms with E-state index in [2.05, 4.69) is 5.10 Å². The van der Waals surface area contributed by atoms with Crippen LogP contribution in [0.25, 0.3) is 0 Å². The van der Waals surface area contributed by atoms with Gasteiger partial charge in [-0.15, -0.1) is 0 Å². The zero-order chi connectivity index (χ0) is 11.9. The van der Waals surface area contributed by atoms with Gasteiger partial charge in [0.1, 0.15) is 4.90 Å². The molecule has 0 saturated carbocycles. The van der Waals surface area contributed by atoms with Crippen LogP contribution in [-0.4, -0.2) is 60.6 Å². The van der Waals surface area contributed by atoms with E-state index in [0.29, 0.717) is 19.1 Å². The van der Waals surface area contributed by atoms with Crippen LogP contribution in [0, 0.1) is 0 Å². The predicted octanol–water partition coefficient (Wildman–Crippen LogP) is -0.645. The van der Waals surface area contributed by atoms with Crippen LogP contribution in [0.15, 0.2) is 17.3 Å². The van der Waals surface area contributed by atoms with E-state index in [-0.39, 0.29) is 4.90 Å². The van der Waals surface area contributed by atoms with Crippen molar-refractivity contribution in [1.82, 2.24) is 19.0 Å². The molecule has 1 aliphatic rings. The van der Waals surface area contributed by atoms with E-state index in [1.54, 1.807) is 7.05 Å². The fourth-order valence-electron chi connectivity index (χ4n) is 1.62. The molecule has 1 aliphatic heterocycles. The fourth-order valence-corrected chi connectivity index (χ4v) is 3.12. The Morgan fingerprint density at radius 3 is 2.50 bits per heavy atom. The second-order valence-electron chi connectivity index (χ2n) is 4.29. The Bertz CT molecular complexity index is 473. The minimum Gasteiger partial charge on any atom is -0.304 e. The monoisotopic (exact) mass is 244 g/mol. The van der Waals surface area contributed by atoms with E-state index in [1.807, 2.05) is 19.0 Å². The second-order valence-corrected chi connectivity index (χ2v) is 6.23. The van der Waals surface area contributed by atoms with Crippen LogP contribution in [0.3, 0.4) is 0 Å². The van der Waals surface area contributed by atoms with Gasteiger partial charge in [-0.25, -0.2) is 8.42 Å². The van der Waals surface area contributed by atoms with Gasteiger partial charge in [-0.3, -0.25) is 4.68 Å². The average molecular weight is 244 g/mol. The molecule has 0 amide bonds. The van der Waals surface area contributed by atoms with Gasteiger partial charge >= 0.3 is 0 Å². The first-order valence-corrected chi connectivity index (χ1v) is 6.50. The van der Waals surface area contributed by atoms with Crippen molar-refractivity contribution in [3.63, 3.8) is 0 Å². The largest absolute Gasteiger partial charge is 0.304 e. The molecule has 1 aromatic heterocycles. The summed E-state index contributed by atoms with van der Waals surface area (Å²) in [5.41, 5.74) is 0. The van der Waals surface area contributed by atoms with Crippen LogP contribution in [0.5, 0.6) is 0 Å². The molecular formula is C9H16N4O2S. The van der Waals surface area contributed by atoms with Crippen LogP contribution in [-0.2, 0) is 17.1 Å². The Hall–Kier alpha value is -0.920. The van der Waals surface area contributed by atoms with Gasteiger partial charge in [-0.1, -0.05) is 0 Å². The van der Waals surface area contributed by atoms with Crippen LogP contribution in [0.4, 0.5) is 0 Å². The second kappa shape index (κ2) is 3.83. The Labute approximate surface area is 95.5 Å². The number of aromatic nitrogens is 2. The molecular weight excluding hydrogens is 228 g/mol. The van der Waals surface area contributed by atoms with E-state index in [9.17, 15) is 8.42 Å². The molecule has 6 nitrogen and oxygen atoms in total. The molecule has 0 atom stereocenters. The van der Waals surface area contributed by atoms with Crippen molar-refractivity contribution in [2.45, 2.75) is 10.9 Å². The zero-order valence-corrected chi connectivity index (χ0v) is 10.5. The van der Waals surface area contributed by atoms with Gasteiger partial charge in [0.05, 0.1) is 6.20 Å². The highest BCUT2D eigenvalue weighted by Crippen LogP contribution is 2.22. The van der Waals surface area contributed by atoms with Crippen molar-refractivity contribution in [2.75, 3.05) is 27.2 Å². The molecule has 0 bridgehead atoms. The standard InChI is InChI=1S/C9H16N4O2S/c1-11(2)8-5-13(6-8)16(14,15)9-4-10-12(3)7-9/h4,7-8H,5-6H2,1-3H3. The maximum absolute atomic E-state index is 12.1. The third-order valence-corrected chi connectivity index (χ3v) is 4.66. The number of hydrogen-bond acceptors (Lipinski definition) is 4. The van der Waals surface area contributed by atoms with Crippen molar-refractivity contribution < 1.29 is 8.42 Å². The average Bonchev–Trinajstić information content (AvgIpc) is 2.47. The van der Waals surface area contributed by atoms with Crippen LogP contribution in [0.2, 0.25) is 0 Å². The summed E-state index contributed by atoms with van der Waals surface area (Å²) in [6.07, 6.45) is 2.91. The number of aryl methyl sites for hydroxylation is 1. The highest BCUT2D eigenvalue weighted by molar-refractivity contribution is 7.89. The van der Waals surface area contributed by atoms with Crippen molar-refractivity contribution in [3.8, 4) is 0 Å². The highest BCUT2D eigenvalue weighted by atomic mass is 32.2. The van der Waals surface area contributed by atoms with Gasteiger partial charge in [0.2, 0.25) is 10.0 Å². The quantitative estimate of drug-likeness (QED) is 0.709. The number of rotatable bonds is 3. The summed E-state index contributed by atoms with van der Waals surface area (Å²) in [6.45, 7) is 1.12. The SMILES string of the molecule is CN(C)C1CN(S(=O)(=O)c2cnn(C)c2)C1. The Morgan fingerprint density at radius 1 is 1.44 bits per heavy atom. The third kappa shape index (κ3) is 1.85. The van der Waals surface area contributed by atoms with Crippen LogP contribution < -0.4 is 0 Å². The Morgan fingerprint density at radius 2 is 2.06 bits per heavy atom. The number of sulfonamides is 1. The summed E-state index contributed by atoms with van der Waals surface area (Å²) < 4.78 is 27.1. The molecule has 1 saturated heterocycles. The molecule has 0 aliphatic carbocycles. The highest BCUT2D eigenvalue weighted by Gasteiger charge is 2.38. The lowest BCUT2D eigenvalue weighted by Gasteiger charge is -2.41. The van der Waals surface area contributed by atoms with E-state index in [1.165, 1.54) is 21.4 Å². The molecule has 2 heterocycles. The molecule has 0 spiro atoms. The lowest BCUT2D eigenvalue weighted by molar-refractivity contribution is 0.134. The Balaban J connectivity index is 2.11. The maximum Gasteiger partial charge on any atom is 0.246 e. The van der Waals surface area contributed by atoms with Crippen LogP contribution >= 0.6 is 0 Å². The van der Waals surface area contributed by atoms with Gasteiger partial charge in [-0.2, -0.15) is 9.40 Å². The van der Waals surface area contributed by atoms with E-state index in [4.69, 9.17) is 0 Å². The van der Waals surface area contributed by atoms with E-state index >= 15 is 0 Å². The van der Waals surface area contributed by atoms with Crippen molar-refractivity contribution in [2.24, 2.45) is 7.05 Å². The first-order valence-electron chi connectivity index (χ1n) is 5.06. The van der Waals surface area contributed by atoms with Crippen molar-refractivity contribution in [3.05, 3.63) is 12.4 Å². The minimum atomic E-state index is -3.32. The van der Waals surface area contributed by atoms with Gasteiger partial charge in [0.15, 0.2) is 0 Å². The number of nitrogens with zero attached hydrogens (tertiary/aromatic N) is 4. The predicted molar refractivity (Wildman–Crippen MR) is 59.4 cm³/mol. The molecule has 0 N–H and O–H groups in total. The molecule has 90 valence electrons. The van der Waals surface area contributed by atoms with E-state index < -0.39 is 10.0 Å². The molecule has 0 unspecified atom stereocenters. The van der Waals surface area contributed by atoms with Crippen molar-refractivity contribution >= 4 is 10.0 Å². The number of hydrogen-bond donors (Lipinski definition) is 0. The number of likely N-dealkylation sites (N-methyl/N-ethyl adjacent to an activating group) is 1. The molecule has 0 radical (unpaired) electrons. The van der Waals surface area contributed by atoms with Gasteiger partial charge in [-0.05, 0) is 14.1 Å². The lowest BCUT2D eigenvalue weighted by Crippen LogP contribution is -2.58. The Kier molecular flexibility index (Phi) is 2.77. The summed E-state index contributed by atoms with van der Waals surface area (Å²) in [6, 6.07) is 0.325. The summed E-state index contributed by atoms with van der Waals surface area (Å²) in [4.78, 5) is 2.31. The van der Waals surface area contributed by atoms with Gasteiger partial charge < -0.3 is 4.90 Å². The molecule has 2 rings (SSSR count). The summed E-state index contributed by atoms with van der Waals surface area (Å²) in [7, 11) is 2.30. The smallest absolute Gasteiger partial charge is 0.246 e. The van der Waals surface area contributed by atoms with E-state index in [0.717, 1.165) is 0 Å². The lowest BCUT2D eigenvalue weighted by atomic mass is 10.2. The fraction of sp³-hybridized carbons (Fsp3) is 0.667. The molecule has 1 fully saturated rings. The first kappa shape index (κ1) is 11.6. The maximum atomic E-state index is 12.1. The minimum absolute atomic E-state index is 0.271. The first-order chi connectivity index (χ1) is 7.41. The molecule has 0 aromatic carbocycles. The molecule has 16 heavy (non-hydrogen) atoms. The normalized spacial score (nSPS) is 19.0. The molecule has 1 aromatic rings. The summed E-state index contributed by atoms with van der Waals surface area (Å²) >= 11 is 0. The van der Waals surface area contributed by atoms with Crippen LogP contribution in [0.1, 0.15) is 0 Å².